The van der Waals surface area contributed by atoms with Gasteiger partial charge in [0.1, 0.15) is 11.5 Å². The summed E-state index contributed by atoms with van der Waals surface area (Å²) in [5, 5.41) is 19.2. The van der Waals surface area contributed by atoms with Gasteiger partial charge in [0.15, 0.2) is 5.78 Å². The lowest BCUT2D eigenvalue weighted by Gasteiger charge is -2.19. The summed E-state index contributed by atoms with van der Waals surface area (Å²) in [6.45, 7) is 0. The topological polar surface area (TPSA) is 83.8 Å². The van der Waals surface area contributed by atoms with Gasteiger partial charge in [0, 0.05) is 11.1 Å². The highest BCUT2D eigenvalue weighted by Crippen LogP contribution is 2.38. The molecule has 116 valence electrons. The van der Waals surface area contributed by atoms with Gasteiger partial charge in [-0.3, -0.25) is 4.79 Å². The minimum atomic E-state index is -1.45. The number of hydrogen-bond donors (Lipinski definition) is 2. The number of hydrogen-bond acceptors (Lipinski definition) is 4. The number of halogens is 2. The monoisotopic (exact) mass is 350 g/mol. The number of carbonyl (C=O) groups excluding carboxylic acids is 1. The second kappa shape index (κ2) is 5.61. The van der Waals surface area contributed by atoms with Crippen LogP contribution in [-0.2, 0) is 4.74 Å². The Balaban J connectivity index is 1.95. The molecule has 0 aliphatic heterocycles. The van der Waals surface area contributed by atoms with E-state index in [1.54, 1.807) is 0 Å². The van der Waals surface area contributed by atoms with E-state index in [1.807, 2.05) is 0 Å². The number of phenolic OH excluding ortho intramolecular Hbond substituents is 1. The van der Waals surface area contributed by atoms with Crippen molar-refractivity contribution >= 4 is 47.0 Å². The van der Waals surface area contributed by atoms with Gasteiger partial charge in [-0.25, -0.2) is 4.79 Å². The van der Waals surface area contributed by atoms with E-state index in [-0.39, 0.29) is 27.7 Å². The molecule has 23 heavy (non-hydrogen) atoms. The molecule has 1 aliphatic carbocycles. The van der Waals surface area contributed by atoms with Crippen LogP contribution in [0.5, 0.6) is 5.75 Å². The molecule has 0 unspecified atom stereocenters. The summed E-state index contributed by atoms with van der Waals surface area (Å²) in [6, 6.07) is 7.17. The fourth-order valence-electron chi connectivity index (χ4n) is 2.23. The van der Waals surface area contributed by atoms with Crippen molar-refractivity contribution in [2.45, 2.75) is 0 Å². The molecule has 1 aliphatic rings. The molecule has 0 aromatic heterocycles. The van der Waals surface area contributed by atoms with E-state index in [4.69, 9.17) is 28.3 Å². The Morgan fingerprint density at radius 3 is 2.43 bits per heavy atom. The molecule has 0 radical (unpaired) electrons. The van der Waals surface area contributed by atoms with Crippen LogP contribution in [0.3, 0.4) is 0 Å². The van der Waals surface area contributed by atoms with Crippen LogP contribution in [0.25, 0.3) is 11.8 Å². The zero-order valence-corrected chi connectivity index (χ0v) is 12.9. The third kappa shape index (κ3) is 2.76. The fraction of sp³-hybridized carbons (Fsp3) is 0. The first kappa shape index (κ1) is 15.4. The number of benzene rings is 2. The van der Waals surface area contributed by atoms with Gasteiger partial charge in [-0.1, -0.05) is 23.2 Å². The van der Waals surface area contributed by atoms with Crippen LogP contribution < -0.4 is 0 Å². The van der Waals surface area contributed by atoms with Crippen molar-refractivity contribution in [2.24, 2.45) is 0 Å². The van der Waals surface area contributed by atoms with Gasteiger partial charge in [-0.05, 0) is 42.0 Å². The number of fused-ring (bicyclic) bond motifs is 1. The molecule has 7 heteroatoms. The lowest BCUT2D eigenvalue weighted by Crippen LogP contribution is -2.09. The molecule has 0 saturated carbocycles. The molecule has 5 nitrogen and oxygen atoms in total. The Hall–Kier alpha value is -2.50. The number of carboxylic acid groups (broad SMARTS) is 1. The van der Waals surface area contributed by atoms with Gasteiger partial charge >= 0.3 is 6.16 Å². The first-order valence-electron chi connectivity index (χ1n) is 6.36. The minimum absolute atomic E-state index is 0.0766. The van der Waals surface area contributed by atoms with Crippen LogP contribution in [-0.4, -0.2) is 22.2 Å². The van der Waals surface area contributed by atoms with Gasteiger partial charge in [0.05, 0.1) is 15.6 Å². The number of phenols is 1. The van der Waals surface area contributed by atoms with Crippen LogP contribution in [0, 0.1) is 0 Å². The first-order chi connectivity index (χ1) is 10.9. The molecule has 0 heterocycles. The zero-order valence-electron chi connectivity index (χ0n) is 11.3. The summed E-state index contributed by atoms with van der Waals surface area (Å²) < 4.78 is 4.53. The van der Waals surface area contributed by atoms with Gasteiger partial charge in [0.2, 0.25) is 0 Å². The predicted molar refractivity (Wildman–Crippen MR) is 85.0 cm³/mol. The Morgan fingerprint density at radius 1 is 1.04 bits per heavy atom. The fourth-order valence-corrected chi connectivity index (χ4v) is 2.53. The van der Waals surface area contributed by atoms with Crippen molar-refractivity contribution in [1.82, 2.24) is 0 Å². The molecular weight excluding hydrogens is 343 g/mol. The van der Waals surface area contributed by atoms with Crippen molar-refractivity contribution in [1.29, 1.82) is 0 Å². The summed E-state index contributed by atoms with van der Waals surface area (Å²) in [5.74, 6) is -0.583. The van der Waals surface area contributed by atoms with E-state index in [2.05, 4.69) is 4.74 Å². The normalized spacial score (nSPS) is 12.0. The van der Waals surface area contributed by atoms with Crippen LogP contribution in [0.1, 0.15) is 27.0 Å². The van der Waals surface area contributed by atoms with Crippen molar-refractivity contribution < 1.29 is 24.5 Å². The van der Waals surface area contributed by atoms with Crippen LogP contribution in [0.4, 0.5) is 4.79 Å². The summed E-state index contributed by atoms with van der Waals surface area (Å²) in [5.41, 5.74) is 1.38. The van der Waals surface area contributed by atoms with E-state index in [9.17, 15) is 14.7 Å². The van der Waals surface area contributed by atoms with Crippen molar-refractivity contribution in [3.05, 3.63) is 62.6 Å². The highest BCUT2D eigenvalue weighted by Gasteiger charge is 2.25. The molecule has 0 atom stereocenters. The van der Waals surface area contributed by atoms with E-state index in [1.165, 1.54) is 36.4 Å². The van der Waals surface area contributed by atoms with Crippen LogP contribution >= 0.6 is 23.2 Å². The summed E-state index contributed by atoms with van der Waals surface area (Å²) >= 11 is 11.7. The third-order valence-electron chi connectivity index (χ3n) is 3.34. The zero-order chi connectivity index (χ0) is 16.7. The van der Waals surface area contributed by atoms with Gasteiger partial charge in [-0.15, -0.1) is 0 Å². The Labute approximate surface area is 140 Å². The molecule has 2 aromatic rings. The van der Waals surface area contributed by atoms with Crippen LogP contribution in [0.2, 0.25) is 10.0 Å². The second-order valence-corrected chi connectivity index (χ2v) is 5.61. The third-order valence-corrected chi connectivity index (χ3v) is 4.08. The van der Waals surface area contributed by atoms with Gasteiger partial charge < -0.3 is 14.9 Å². The predicted octanol–water partition coefficient (Wildman–Crippen LogP) is 4.44. The maximum absolute atomic E-state index is 12.5. The van der Waals surface area contributed by atoms with Crippen LogP contribution in [0.15, 0.2) is 30.3 Å². The largest absolute Gasteiger partial charge is 0.511 e. The van der Waals surface area contributed by atoms with Crippen molar-refractivity contribution in [3.63, 3.8) is 0 Å². The number of ketones is 1. The highest BCUT2D eigenvalue weighted by molar-refractivity contribution is 6.42. The average Bonchev–Trinajstić information content (AvgIpc) is 2.48. The van der Waals surface area contributed by atoms with E-state index in [0.29, 0.717) is 16.1 Å². The number of rotatable bonds is 3. The molecule has 0 bridgehead atoms. The lowest BCUT2D eigenvalue weighted by atomic mass is 9.90. The van der Waals surface area contributed by atoms with Gasteiger partial charge in [-0.2, -0.15) is 0 Å². The van der Waals surface area contributed by atoms with Crippen molar-refractivity contribution in [2.75, 3.05) is 0 Å². The Bertz CT molecular complexity index is 886. The number of carbonyl (C=O) groups is 2. The molecule has 0 saturated heterocycles. The molecule has 0 spiro atoms. The standard InChI is InChI=1S/C16H8Cl2O5/c17-11-2-1-7(4-12(11)18)15(20)10-3-8-5-14(23-16(21)22)9(8)6-13(10)19/h1-6,19H,(H,21,22). The second-order valence-electron chi connectivity index (χ2n) is 4.79. The molecule has 3 rings (SSSR count). The number of ether oxygens (including phenoxy) is 1. The molecule has 0 amide bonds. The Kier molecular flexibility index (Phi) is 3.75. The summed E-state index contributed by atoms with van der Waals surface area (Å²) in [7, 11) is 0. The smallest absolute Gasteiger partial charge is 0.507 e. The summed E-state index contributed by atoms with van der Waals surface area (Å²) in [4.78, 5) is 23.0. The quantitative estimate of drug-likeness (QED) is 0.631. The van der Waals surface area contributed by atoms with Crippen molar-refractivity contribution in [3.8, 4) is 5.75 Å². The first-order valence-corrected chi connectivity index (χ1v) is 7.12. The van der Waals surface area contributed by atoms with E-state index < -0.39 is 11.9 Å². The van der Waals surface area contributed by atoms with Gasteiger partial charge in [0.25, 0.3) is 0 Å². The average molecular weight is 351 g/mol. The lowest BCUT2D eigenvalue weighted by molar-refractivity contribution is 0.103. The van der Waals surface area contributed by atoms with E-state index >= 15 is 0 Å². The molecular formula is C16H8Cl2O5. The Morgan fingerprint density at radius 2 is 1.78 bits per heavy atom. The molecule has 2 aromatic carbocycles. The minimum Gasteiger partial charge on any atom is -0.507 e. The SMILES string of the molecule is O=C(O)OC1=Cc2cc(C(=O)c3ccc(Cl)c(Cl)c3)c(O)cc21. The maximum Gasteiger partial charge on any atom is 0.511 e. The summed E-state index contributed by atoms with van der Waals surface area (Å²) in [6.07, 6.45) is 0.0199. The highest BCUT2D eigenvalue weighted by atomic mass is 35.5. The molecule has 0 fully saturated rings. The number of aromatic hydroxyl groups is 1. The molecule has 2 N–H and O–H groups in total. The maximum atomic E-state index is 12.5. The van der Waals surface area contributed by atoms with E-state index in [0.717, 1.165) is 0 Å².